The highest BCUT2D eigenvalue weighted by molar-refractivity contribution is 6.27. The van der Waals surface area contributed by atoms with Crippen LogP contribution in [0.1, 0.15) is 19.8 Å². The highest BCUT2D eigenvalue weighted by Gasteiger charge is 1.96. The Balaban J connectivity index is 2.98. The summed E-state index contributed by atoms with van der Waals surface area (Å²) in [4.78, 5) is 9.76. The highest BCUT2D eigenvalue weighted by Crippen LogP contribution is 1.99. The lowest BCUT2D eigenvalue weighted by molar-refractivity contribution is -0.107. The highest BCUT2D eigenvalue weighted by atomic mass is 35.5. The van der Waals surface area contributed by atoms with Gasteiger partial charge in [-0.25, -0.2) is 0 Å². The molecule has 0 aromatic carbocycles. The lowest BCUT2D eigenvalue weighted by Crippen LogP contribution is -1.96. The summed E-state index contributed by atoms with van der Waals surface area (Å²) < 4.78 is 0. The van der Waals surface area contributed by atoms with E-state index in [1.807, 2.05) is 6.92 Å². The van der Waals surface area contributed by atoms with E-state index in [1.165, 1.54) is 0 Å². The van der Waals surface area contributed by atoms with Crippen LogP contribution in [-0.4, -0.2) is 11.7 Å². The maximum atomic E-state index is 9.76. The Morgan fingerprint density at radius 1 is 1.86 bits per heavy atom. The molecule has 1 nitrogen and oxygen atoms in total. The first-order chi connectivity index (χ1) is 3.31. The molecule has 0 amide bonds. The van der Waals surface area contributed by atoms with Gasteiger partial charge in [-0.3, -0.25) is 0 Å². The van der Waals surface area contributed by atoms with Crippen molar-refractivity contribution in [2.75, 3.05) is 0 Å². The molecular formula is C5H9ClO. The van der Waals surface area contributed by atoms with Crippen molar-refractivity contribution in [2.24, 2.45) is 0 Å². The molecule has 0 aliphatic rings. The summed E-state index contributed by atoms with van der Waals surface area (Å²) in [6.07, 6.45) is 2.54. The fourth-order valence-corrected chi connectivity index (χ4v) is 0.562. The smallest absolute Gasteiger partial charge is 0.137 e. The van der Waals surface area contributed by atoms with Crippen LogP contribution in [0.4, 0.5) is 0 Å². The Bertz CT molecular complexity index is 54.0. The van der Waals surface area contributed by atoms with E-state index in [0.29, 0.717) is 0 Å². The van der Waals surface area contributed by atoms with Crippen LogP contribution >= 0.6 is 11.6 Å². The molecule has 0 aromatic heterocycles. The Labute approximate surface area is 48.7 Å². The molecule has 0 N–H and O–H groups in total. The molecule has 0 bridgehead atoms. The average Bonchev–Trinajstić information content (AvgIpc) is 1.68. The molecule has 0 spiro atoms. The molecule has 1 atom stereocenters. The van der Waals surface area contributed by atoms with Gasteiger partial charge in [0.05, 0.1) is 5.38 Å². The van der Waals surface area contributed by atoms with Crippen LogP contribution in [0, 0.1) is 0 Å². The van der Waals surface area contributed by atoms with Gasteiger partial charge in [0, 0.05) is 0 Å². The Hall–Kier alpha value is -0.0400. The SMILES string of the molecule is CCC[C@H](Cl)C=O. The third-order valence-corrected chi connectivity index (χ3v) is 1.03. The van der Waals surface area contributed by atoms with Gasteiger partial charge in [-0.15, -0.1) is 11.6 Å². The Kier molecular flexibility index (Phi) is 4.10. The van der Waals surface area contributed by atoms with Crippen molar-refractivity contribution in [3.63, 3.8) is 0 Å². The summed E-state index contributed by atoms with van der Waals surface area (Å²) in [6.45, 7) is 2.00. The van der Waals surface area contributed by atoms with Gasteiger partial charge < -0.3 is 4.79 Å². The van der Waals surface area contributed by atoms with E-state index in [4.69, 9.17) is 11.6 Å². The van der Waals surface area contributed by atoms with Gasteiger partial charge in [0.1, 0.15) is 6.29 Å². The zero-order chi connectivity index (χ0) is 5.70. The molecule has 0 aliphatic heterocycles. The molecule has 42 valence electrons. The molecule has 0 radical (unpaired) electrons. The van der Waals surface area contributed by atoms with Gasteiger partial charge in [-0.2, -0.15) is 0 Å². The van der Waals surface area contributed by atoms with Crippen molar-refractivity contribution in [3.05, 3.63) is 0 Å². The fourth-order valence-electron chi connectivity index (χ4n) is 0.344. The number of rotatable bonds is 3. The van der Waals surface area contributed by atoms with Gasteiger partial charge >= 0.3 is 0 Å². The molecular weight excluding hydrogens is 112 g/mol. The topological polar surface area (TPSA) is 17.1 Å². The van der Waals surface area contributed by atoms with Crippen molar-refractivity contribution in [3.8, 4) is 0 Å². The molecule has 2 heteroatoms. The predicted octanol–water partition coefficient (Wildman–Crippen LogP) is 1.59. The molecule has 0 aromatic rings. The summed E-state index contributed by atoms with van der Waals surface area (Å²) in [7, 11) is 0. The standard InChI is InChI=1S/C5H9ClO/c1-2-3-5(6)4-7/h4-5H,2-3H2,1H3/t5-/m0/s1. The van der Waals surface area contributed by atoms with Crippen molar-refractivity contribution in [1.82, 2.24) is 0 Å². The second kappa shape index (κ2) is 4.13. The largest absolute Gasteiger partial charge is 0.302 e. The number of hydrogen-bond acceptors (Lipinski definition) is 1. The second-order valence-electron chi connectivity index (χ2n) is 1.44. The van der Waals surface area contributed by atoms with Crippen LogP contribution in [0.5, 0.6) is 0 Å². The first kappa shape index (κ1) is 6.96. The normalized spacial score (nSPS) is 13.4. The van der Waals surface area contributed by atoms with Gasteiger partial charge in [0.25, 0.3) is 0 Å². The summed E-state index contributed by atoms with van der Waals surface area (Å²) in [5.41, 5.74) is 0. The van der Waals surface area contributed by atoms with Gasteiger partial charge in [-0.05, 0) is 6.42 Å². The minimum Gasteiger partial charge on any atom is -0.302 e. The molecule has 0 saturated carbocycles. The average molecular weight is 121 g/mol. The first-order valence-corrected chi connectivity index (χ1v) is 2.84. The van der Waals surface area contributed by atoms with E-state index in [0.717, 1.165) is 19.1 Å². The molecule has 0 rings (SSSR count). The number of alkyl halides is 1. The Morgan fingerprint density at radius 3 is 2.57 bits per heavy atom. The number of carbonyl (C=O) groups excluding carboxylic acids is 1. The number of halogens is 1. The molecule has 0 aliphatic carbocycles. The first-order valence-electron chi connectivity index (χ1n) is 2.40. The van der Waals surface area contributed by atoms with E-state index < -0.39 is 0 Å². The summed E-state index contributed by atoms with van der Waals surface area (Å²) in [5, 5.41) is -0.259. The lowest BCUT2D eigenvalue weighted by Gasteiger charge is -1.92. The van der Waals surface area contributed by atoms with E-state index >= 15 is 0 Å². The van der Waals surface area contributed by atoms with Crippen LogP contribution < -0.4 is 0 Å². The zero-order valence-electron chi connectivity index (χ0n) is 4.36. The van der Waals surface area contributed by atoms with E-state index in [2.05, 4.69) is 0 Å². The zero-order valence-corrected chi connectivity index (χ0v) is 5.11. The van der Waals surface area contributed by atoms with Crippen molar-refractivity contribution >= 4 is 17.9 Å². The van der Waals surface area contributed by atoms with Crippen molar-refractivity contribution in [2.45, 2.75) is 25.1 Å². The summed E-state index contributed by atoms with van der Waals surface area (Å²) >= 11 is 5.40. The van der Waals surface area contributed by atoms with Gasteiger partial charge in [0.15, 0.2) is 0 Å². The monoisotopic (exact) mass is 120 g/mol. The molecule has 0 saturated heterocycles. The van der Waals surface area contributed by atoms with Crippen LogP contribution in [0.15, 0.2) is 0 Å². The maximum absolute atomic E-state index is 9.76. The van der Waals surface area contributed by atoms with Crippen LogP contribution in [-0.2, 0) is 4.79 Å². The molecule has 0 unspecified atom stereocenters. The van der Waals surface area contributed by atoms with Crippen molar-refractivity contribution < 1.29 is 4.79 Å². The third kappa shape index (κ3) is 3.80. The lowest BCUT2D eigenvalue weighted by atomic mass is 10.3. The number of aldehydes is 1. The fraction of sp³-hybridized carbons (Fsp3) is 0.800. The molecule has 0 fully saturated rings. The third-order valence-electron chi connectivity index (χ3n) is 0.712. The number of carbonyl (C=O) groups is 1. The summed E-state index contributed by atoms with van der Waals surface area (Å²) in [6, 6.07) is 0. The van der Waals surface area contributed by atoms with Gasteiger partial charge in [-0.1, -0.05) is 13.3 Å². The minimum atomic E-state index is -0.259. The number of hydrogen-bond donors (Lipinski definition) is 0. The van der Waals surface area contributed by atoms with E-state index in [9.17, 15) is 4.79 Å². The second-order valence-corrected chi connectivity index (χ2v) is 2.00. The Morgan fingerprint density at radius 2 is 2.43 bits per heavy atom. The predicted molar refractivity (Wildman–Crippen MR) is 30.6 cm³/mol. The molecule has 7 heavy (non-hydrogen) atoms. The van der Waals surface area contributed by atoms with Gasteiger partial charge in [0.2, 0.25) is 0 Å². The molecule has 0 heterocycles. The van der Waals surface area contributed by atoms with Crippen LogP contribution in [0.25, 0.3) is 0 Å². The van der Waals surface area contributed by atoms with Crippen LogP contribution in [0.3, 0.4) is 0 Å². The van der Waals surface area contributed by atoms with Crippen LogP contribution in [0.2, 0.25) is 0 Å². The quantitative estimate of drug-likeness (QED) is 0.408. The minimum absolute atomic E-state index is 0.259. The van der Waals surface area contributed by atoms with E-state index in [1.54, 1.807) is 0 Å². The summed E-state index contributed by atoms with van der Waals surface area (Å²) in [5.74, 6) is 0. The maximum Gasteiger partial charge on any atom is 0.137 e. The van der Waals surface area contributed by atoms with E-state index in [-0.39, 0.29) is 5.38 Å². The van der Waals surface area contributed by atoms with Crippen molar-refractivity contribution in [1.29, 1.82) is 0 Å².